The van der Waals surface area contributed by atoms with Gasteiger partial charge in [0.05, 0.1) is 22.9 Å². The average Bonchev–Trinajstić information content (AvgIpc) is 3.24. The second-order valence-corrected chi connectivity index (χ2v) is 6.89. The molecule has 168 valence electrons. The second kappa shape index (κ2) is 9.82. The van der Waals surface area contributed by atoms with Crippen LogP contribution < -0.4 is 5.32 Å². The van der Waals surface area contributed by atoms with E-state index in [4.69, 9.17) is 9.90 Å². The number of hydrogen-bond acceptors (Lipinski definition) is 4. The number of carbonyl (C=O) groups excluding carboxylic acids is 1. The van der Waals surface area contributed by atoms with E-state index < -0.39 is 12.1 Å². The summed E-state index contributed by atoms with van der Waals surface area (Å²) in [6.45, 7) is 0.661. The molecular weight excluding hydrogens is 437 g/mol. The van der Waals surface area contributed by atoms with Crippen LogP contribution in [0.1, 0.15) is 32.9 Å². The number of carbonyl (C=O) groups is 2. The number of nitriles is 1. The second-order valence-electron chi connectivity index (χ2n) is 6.89. The average molecular weight is 454 g/mol. The number of aromatic nitrogens is 2. The van der Waals surface area contributed by atoms with Crippen molar-refractivity contribution in [3.05, 3.63) is 76.7 Å². The number of alkyl halides is 3. The molecular formula is C23H17F3N4O3. The molecule has 1 amide bonds. The zero-order chi connectivity index (χ0) is 24.0. The molecule has 1 aromatic carbocycles. The Morgan fingerprint density at radius 2 is 1.91 bits per heavy atom. The van der Waals surface area contributed by atoms with Crippen LogP contribution in [-0.4, -0.2) is 39.7 Å². The van der Waals surface area contributed by atoms with Crippen molar-refractivity contribution in [3.63, 3.8) is 0 Å². The number of aromatic amines is 1. The molecule has 0 spiro atoms. The van der Waals surface area contributed by atoms with Crippen LogP contribution in [-0.2, 0) is 11.2 Å². The summed E-state index contributed by atoms with van der Waals surface area (Å²) in [7, 11) is 0. The molecule has 0 fully saturated rings. The van der Waals surface area contributed by atoms with Gasteiger partial charge in [-0.3, -0.25) is 9.78 Å². The topological polar surface area (TPSA) is 119 Å². The first-order valence-electron chi connectivity index (χ1n) is 9.63. The minimum Gasteiger partial charge on any atom is -0.475 e. The van der Waals surface area contributed by atoms with E-state index in [2.05, 4.69) is 21.4 Å². The van der Waals surface area contributed by atoms with E-state index in [0.717, 1.165) is 34.6 Å². The molecule has 1 aliphatic heterocycles. The first kappa shape index (κ1) is 23.3. The molecule has 33 heavy (non-hydrogen) atoms. The smallest absolute Gasteiger partial charge is 0.475 e. The van der Waals surface area contributed by atoms with Gasteiger partial charge in [-0.25, -0.2) is 4.79 Å². The third-order valence-electron chi connectivity index (χ3n) is 4.65. The minimum atomic E-state index is -5.08. The number of aliphatic carboxylic acids is 1. The van der Waals surface area contributed by atoms with Crippen molar-refractivity contribution < 1.29 is 27.9 Å². The van der Waals surface area contributed by atoms with Crippen LogP contribution >= 0.6 is 0 Å². The SMILES string of the molecule is N#Cc1ccccc1/C=C\c1cc(-c2cc3c([nH]2)CCNC3=O)ccn1.O=C(O)C(F)(F)F. The minimum absolute atomic E-state index is 0.0314. The Bertz CT molecular complexity index is 1260. The fourth-order valence-electron chi connectivity index (χ4n) is 3.08. The van der Waals surface area contributed by atoms with Gasteiger partial charge in [-0.05, 0) is 35.9 Å². The Balaban J connectivity index is 0.000000383. The number of pyridine rings is 1. The number of rotatable bonds is 3. The van der Waals surface area contributed by atoms with Crippen molar-refractivity contribution in [3.8, 4) is 17.3 Å². The number of carboxylic acids is 1. The van der Waals surface area contributed by atoms with E-state index in [1.807, 2.05) is 48.6 Å². The summed E-state index contributed by atoms with van der Waals surface area (Å²) in [5, 5.41) is 19.2. The van der Waals surface area contributed by atoms with Crippen LogP contribution in [0.5, 0.6) is 0 Å². The van der Waals surface area contributed by atoms with Crippen molar-refractivity contribution in [2.24, 2.45) is 0 Å². The molecule has 7 nitrogen and oxygen atoms in total. The molecule has 2 aromatic heterocycles. The summed E-state index contributed by atoms with van der Waals surface area (Å²) in [6.07, 6.45) is 1.24. The molecule has 0 atom stereocenters. The number of nitrogens with zero attached hydrogens (tertiary/aromatic N) is 2. The standard InChI is InChI=1S/C21H16N4O.C2HF3O2/c22-13-16-4-2-1-3-14(16)5-6-17-11-15(7-9-23-17)20-12-18-19(25-20)8-10-24-21(18)26;3-2(4,5)1(6)7/h1-7,9,11-12,25H,8,10H2,(H,24,26);(H,6,7)/b6-5-;. The fourth-order valence-corrected chi connectivity index (χ4v) is 3.08. The van der Waals surface area contributed by atoms with Crippen LogP contribution in [0.2, 0.25) is 0 Å². The van der Waals surface area contributed by atoms with Crippen molar-refractivity contribution in [1.82, 2.24) is 15.3 Å². The number of nitrogens with one attached hydrogen (secondary N) is 2. The summed E-state index contributed by atoms with van der Waals surface area (Å²) in [5.41, 5.74) is 5.82. The maximum absolute atomic E-state index is 11.9. The van der Waals surface area contributed by atoms with E-state index in [0.29, 0.717) is 17.7 Å². The van der Waals surface area contributed by atoms with Crippen LogP contribution in [0.4, 0.5) is 13.2 Å². The van der Waals surface area contributed by atoms with Gasteiger partial charge in [0.2, 0.25) is 0 Å². The molecule has 0 aliphatic carbocycles. The first-order valence-corrected chi connectivity index (χ1v) is 9.63. The van der Waals surface area contributed by atoms with Crippen molar-refractivity contribution in [1.29, 1.82) is 5.26 Å². The summed E-state index contributed by atoms with van der Waals surface area (Å²) in [5.74, 6) is -2.79. The van der Waals surface area contributed by atoms with Gasteiger partial charge in [-0.2, -0.15) is 18.4 Å². The van der Waals surface area contributed by atoms with Gasteiger partial charge < -0.3 is 15.4 Å². The van der Waals surface area contributed by atoms with Gasteiger partial charge >= 0.3 is 12.1 Å². The van der Waals surface area contributed by atoms with Crippen LogP contribution in [0.3, 0.4) is 0 Å². The number of H-pyrrole nitrogens is 1. The largest absolute Gasteiger partial charge is 0.490 e. The number of amides is 1. The Hall–Kier alpha value is -4.39. The normalized spacial score (nSPS) is 12.8. The molecule has 0 radical (unpaired) electrons. The predicted octanol–water partition coefficient (Wildman–Crippen LogP) is 4.04. The summed E-state index contributed by atoms with van der Waals surface area (Å²) < 4.78 is 31.7. The highest BCUT2D eigenvalue weighted by atomic mass is 19.4. The highest BCUT2D eigenvalue weighted by Crippen LogP contribution is 2.24. The number of fused-ring (bicyclic) bond motifs is 1. The summed E-state index contributed by atoms with van der Waals surface area (Å²) in [4.78, 5) is 28.5. The molecule has 3 N–H and O–H groups in total. The third-order valence-corrected chi connectivity index (χ3v) is 4.65. The van der Waals surface area contributed by atoms with Crippen molar-refractivity contribution >= 4 is 24.0 Å². The Labute approximate surface area is 186 Å². The zero-order valence-electron chi connectivity index (χ0n) is 17.0. The highest BCUT2D eigenvalue weighted by Gasteiger charge is 2.38. The van der Waals surface area contributed by atoms with Crippen LogP contribution in [0.15, 0.2) is 48.7 Å². The predicted molar refractivity (Wildman–Crippen MR) is 114 cm³/mol. The Morgan fingerprint density at radius 1 is 1.18 bits per heavy atom. The van der Waals surface area contributed by atoms with Gasteiger partial charge in [0.1, 0.15) is 0 Å². The molecule has 4 rings (SSSR count). The molecule has 0 saturated heterocycles. The Morgan fingerprint density at radius 3 is 2.58 bits per heavy atom. The lowest BCUT2D eigenvalue weighted by atomic mass is 10.1. The van der Waals surface area contributed by atoms with Gasteiger partial charge in [0, 0.05) is 36.1 Å². The fraction of sp³-hybridized carbons (Fsp3) is 0.130. The van der Waals surface area contributed by atoms with Crippen LogP contribution in [0.25, 0.3) is 23.4 Å². The van der Waals surface area contributed by atoms with Gasteiger partial charge in [-0.1, -0.05) is 24.3 Å². The van der Waals surface area contributed by atoms with Gasteiger partial charge in [-0.15, -0.1) is 0 Å². The Kier molecular flexibility index (Phi) is 6.93. The molecule has 10 heteroatoms. The molecule has 3 aromatic rings. The van der Waals surface area contributed by atoms with Crippen molar-refractivity contribution in [2.45, 2.75) is 12.6 Å². The summed E-state index contributed by atoms with van der Waals surface area (Å²) in [6, 6.07) is 15.4. The zero-order valence-corrected chi connectivity index (χ0v) is 17.0. The number of benzene rings is 1. The van der Waals surface area contributed by atoms with Gasteiger partial charge in [0.25, 0.3) is 5.91 Å². The van der Waals surface area contributed by atoms with E-state index in [1.165, 1.54) is 0 Å². The lowest BCUT2D eigenvalue weighted by Gasteiger charge is -2.10. The third kappa shape index (κ3) is 5.86. The lowest BCUT2D eigenvalue weighted by molar-refractivity contribution is -0.192. The van der Waals surface area contributed by atoms with E-state index >= 15 is 0 Å². The number of carboxylic acid groups (broad SMARTS) is 1. The maximum atomic E-state index is 11.9. The molecule has 0 bridgehead atoms. The molecule has 0 saturated carbocycles. The monoisotopic (exact) mass is 454 g/mol. The lowest BCUT2D eigenvalue weighted by Crippen LogP contribution is -2.31. The molecule has 1 aliphatic rings. The van der Waals surface area contributed by atoms with E-state index in [1.54, 1.807) is 12.3 Å². The molecule has 0 unspecified atom stereocenters. The number of hydrogen-bond donors (Lipinski definition) is 3. The van der Waals surface area contributed by atoms with Crippen molar-refractivity contribution in [2.75, 3.05) is 6.54 Å². The van der Waals surface area contributed by atoms with E-state index in [-0.39, 0.29) is 5.91 Å². The van der Waals surface area contributed by atoms with Gasteiger partial charge in [0.15, 0.2) is 0 Å². The van der Waals surface area contributed by atoms with Crippen LogP contribution in [0, 0.1) is 11.3 Å². The highest BCUT2D eigenvalue weighted by molar-refractivity contribution is 5.97. The van der Waals surface area contributed by atoms with E-state index in [9.17, 15) is 23.2 Å². The maximum Gasteiger partial charge on any atom is 0.490 e. The summed E-state index contributed by atoms with van der Waals surface area (Å²) >= 11 is 0. The molecule has 3 heterocycles. The number of halogens is 3. The quantitative estimate of drug-likeness (QED) is 0.552. The first-order chi connectivity index (χ1) is 15.7.